The molecular weight excluding hydrogens is 450 g/mol. The monoisotopic (exact) mass is 475 g/mol. The molecule has 0 bridgehead atoms. The highest BCUT2D eigenvalue weighted by Gasteiger charge is 2.38. The average molecular weight is 476 g/mol. The number of amidine groups is 1. The van der Waals surface area contributed by atoms with Gasteiger partial charge in [-0.1, -0.05) is 54.2 Å². The number of ether oxygens (including phenoxy) is 2. The highest BCUT2D eigenvalue weighted by Crippen LogP contribution is 2.34. The summed E-state index contributed by atoms with van der Waals surface area (Å²) in [4.78, 5) is 32.2. The summed E-state index contributed by atoms with van der Waals surface area (Å²) in [5.41, 5.74) is 1.34. The zero-order chi connectivity index (χ0) is 24.1. The summed E-state index contributed by atoms with van der Waals surface area (Å²) in [6.07, 6.45) is 1.67. The van der Waals surface area contributed by atoms with Gasteiger partial charge in [-0.25, -0.2) is 4.99 Å². The molecule has 0 aliphatic carbocycles. The Balaban J connectivity index is 1.53. The zero-order valence-corrected chi connectivity index (χ0v) is 19.8. The summed E-state index contributed by atoms with van der Waals surface area (Å²) in [6.45, 7) is 4.09. The number of thioether (sulfide) groups is 1. The van der Waals surface area contributed by atoms with Crippen LogP contribution in [-0.4, -0.2) is 47.9 Å². The van der Waals surface area contributed by atoms with Gasteiger partial charge in [0.05, 0.1) is 19.9 Å². The molecule has 1 aliphatic heterocycles. The van der Waals surface area contributed by atoms with Crippen molar-refractivity contribution in [3.63, 3.8) is 0 Å². The van der Waals surface area contributed by atoms with Crippen LogP contribution in [0.1, 0.15) is 6.42 Å². The van der Waals surface area contributed by atoms with Crippen molar-refractivity contribution in [2.75, 3.05) is 26.1 Å². The number of nitrogens with one attached hydrogen (secondary N) is 1. The number of nitrogens with zero attached hydrogens (tertiary/aromatic N) is 2. The van der Waals surface area contributed by atoms with E-state index in [0.717, 1.165) is 16.5 Å². The first-order chi connectivity index (χ1) is 16.5. The Hall–Kier alpha value is -3.78. The quantitative estimate of drug-likeness (QED) is 0.464. The van der Waals surface area contributed by atoms with Crippen LogP contribution in [0.2, 0.25) is 0 Å². The van der Waals surface area contributed by atoms with E-state index in [0.29, 0.717) is 28.9 Å². The van der Waals surface area contributed by atoms with E-state index in [1.807, 2.05) is 42.5 Å². The van der Waals surface area contributed by atoms with E-state index in [1.165, 1.54) is 18.9 Å². The molecule has 8 heteroatoms. The van der Waals surface area contributed by atoms with Gasteiger partial charge in [0.15, 0.2) is 16.7 Å². The number of amides is 2. The van der Waals surface area contributed by atoms with E-state index in [-0.39, 0.29) is 18.2 Å². The third kappa shape index (κ3) is 4.92. The molecule has 0 saturated carbocycles. The summed E-state index contributed by atoms with van der Waals surface area (Å²) < 4.78 is 10.5. The number of methoxy groups -OCH3 is 2. The third-order valence-corrected chi connectivity index (χ3v) is 6.53. The number of anilines is 1. The lowest BCUT2D eigenvalue weighted by Crippen LogP contribution is -2.33. The van der Waals surface area contributed by atoms with Crippen molar-refractivity contribution in [1.29, 1.82) is 0 Å². The van der Waals surface area contributed by atoms with Crippen LogP contribution >= 0.6 is 11.8 Å². The lowest BCUT2D eigenvalue weighted by molar-refractivity contribution is -0.127. The fourth-order valence-electron chi connectivity index (χ4n) is 3.73. The van der Waals surface area contributed by atoms with Gasteiger partial charge in [0.1, 0.15) is 5.25 Å². The van der Waals surface area contributed by atoms with Crippen LogP contribution < -0.4 is 14.8 Å². The van der Waals surface area contributed by atoms with Gasteiger partial charge in [0.25, 0.3) is 0 Å². The van der Waals surface area contributed by atoms with Crippen molar-refractivity contribution in [1.82, 2.24) is 4.90 Å². The number of aliphatic imine (C=N–C) groups is 1. The molecule has 0 spiro atoms. The molecule has 4 rings (SSSR count). The van der Waals surface area contributed by atoms with Crippen LogP contribution in [0.5, 0.6) is 11.5 Å². The van der Waals surface area contributed by atoms with Crippen LogP contribution in [0.3, 0.4) is 0 Å². The minimum atomic E-state index is -0.575. The second-order valence-corrected chi connectivity index (χ2v) is 8.73. The van der Waals surface area contributed by atoms with Crippen molar-refractivity contribution in [3.8, 4) is 11.5 Å². The Morgan fingerprint density at radius 1 is 1.12 bits per heavy atom. The van der Waals surface area contributed by atoms with E-state index < -0.39 is 5.25 Å². The molecule has 1 N–H and O–H groups in total. The van der Waals surface area contributed by atoms with Gasteiger partial charge in [-0.2, -0.15) is 0 Å². The van der Waals surface area contributed by atoms with Crippen molar-refractivity contribution in [3.05, 3.63) is 73.3 Å². The third-order valence-electron chi connectivity index (χ3n) is 5.35. The molecule has 174 valence electrons. The van der Waals surface area contributed by atoms with Crippen LogP contribution in [-0.2, 0) is 9.59 Å². The second-order valence-electron chi connectivity index (χ2n) is 7.56. The predicted octanol–water partition coefficient (Wildman–Crippen LogP) is 5.00. The summed E-state index contributed by atoms with van der Waals surface area (Å²) in [5.74, 6) is 0.638. The second kappa shape index (κ2) is 10.4. The van der Waals surface area contributed by atoms with Gasteiger partial charge in [-0.3, -0.25) is 14.5 Å². The fourth-order valence-corrected chi connectivity index (χ4v) is 4.89. The molecule has 3 aromatic carbocycles. The maximum atomic E-state index is 13.1. The van der Waals surface area contributed by atoms with E-state index in [1.54, 1.807) is 36.3 Å². The first-order valence-electron chi connectivity index (χ1n) is 10.7. The number of hydrogen-bond acceptors (Lipinski definition) is 6. The fraction of sp³-hybridized carbons (Fsp3) is 0.192. The SMILES string of the molecule is C=CCN1C(=O)C(CC(=O)Nc2ccc(OC)c(OC)c2)SC1=Nc1cccc2ccccc12. The molecule has 1 aliphatic rings. The molecule has 2 amide bonds. The molecule has 1 fully saturated rings. The van der Waals surface area contributed by atoms with E-state index >= 15 is 0 Å². The Morgan fingerprint density at radius 3 is 2.65 bits per heavy atom. The molecule has 7 nitrogen and oxygen atoms in total. The number of benzene rings is 3. The van der Waals surface area contributed by atoms with Gasteiger partial charge in [-0.15, -0.1) is 6.58 Å². The van der Waals surface area contributed by atoms with E-state index in [4.69, 9.17) is 14.5 Å². The van der Waals surface area contributed by atoms with Crippen molar-refractivity contribution in [2.24, 2.45) is 4.99 Å². The Kier molecular flexibility index (Phi) is 7.18. The van der Waals surface area contributed by atoms with Crippen LogP contribution in [0.4, 0.5) is 11.4 Å². The molecule has 1 unspecified atom stereocenters. The lowest BCUT2D eigenvalue weighted by atomic mass is 10.1. The van der Waals surface area contributed by atoms with Crippen molar-refractivity contribution < 1.29 is 19.1 Å². The highest BCUT2D eigenvalue weighted by atomic mass is 32.2. The molecule has 1 atom stereocenters. The molecule has 3 aromatic rings. The lowest BCUT2D eigenvalue weighted by Gasteiger charge is -2.14. The van der Waals surface area contributed by atoms with Gasteiger partial charge < -0.3 is 14.8 Å². The summed E-state index contributed by atoms with van der Waals surface area (Å²) in [5, 5.41) is 4.89. The smallest absolute Gasteiger partial charge is 0.242 e. The largest absolute Gasteiger partial charge is 0.493 e. The number of carbonyl (C=O) groups is 2. The number of rotatable bonds is 8. The number of hydrogen-bond donors (Lipinski definition) is 1. The molecule has 1 saturated heterocycles. The molecule has 34 heavy (non-hydrogen) atoms. The number of fused-ring (bicyclic) bond motifs is 1. The molecular formula is C26H25N3O4S. The normalized spacial score (nSPS) is 16.6. The Bertz CT molecular complexity index is 1270. The maximum Gasteiger partial charge on any atom is 0.242 e. The average Bonchev–Trinajstić information content (AvgIpc) is 3.13. The van der Waals surface area contributed by atoms with Gasteiger partial charge in [0.2, 0.25) is 11.8 Å². The van der Waals surface area contributed by atoms with Crippen LogP contribution in [0.25, 0.3) is 10.8 Å². The van der Waals surface area contributed by atoms with Crippen LogP contribution in [0, 0.1) is 0 Å². The maximum absolute atomic E-state index is 13.1. The Morgan fingerprint density at radius 2 is 1.88 bits per heavy atom. The van der Waals surface area contributed by atoms with Crippen molar-refractivity contribution >= 4 is 50.9 Å². The van der Waals surface area contributed by atoms with E-state index in [9.17, 15) is 9.59 Å². The number of carbonyl (C=O) groups excluding carboxylic acids is 2. The Labute approximate surface area is 202 Å². The van der Waals surface area contributed by atoms with Crippen LogP contribution in [0.15, 0.2) is 78.3 Å². The zero-order valence-electron chi connectivity index (χ0n) is 19.0. The minimum Gasteiger partial charge on any atom is -0.493 e. The highest BCUT2D eigenvalue weighted by molar-refractivity contribution is 8.15. The summed E-state index contributed by atoms with van der Waals surface area (Å²) in [6, 6.07) is 19.0. The van der Waals surface area contributed by atoms with E-state index in [2.05, 4.69) is 11.9 Å². The predicted molar refractivity (Wildman–Crippen MR) is 137 cm³/mol. The topological polar surface area (TPSA) is 80.2 Å². The summed E-state index contributed by atoms with van der Waals surface area (Å²) >= 11 is 1.30. The van der Waals surface area contributed by atoms with Gasteiger partial charge in [-0.05, 0) is 23.6 Å². The summed E-state index contributed by atoms with van der Waals surface area (Å²) in [7, 11) is 3.08. The standard InChI is InChI=1S/C26H25N3O4S/c1-4-14-29-25(31)23(16-24(30)27-18-12-13-21(32-2)22(15-18)33-3)34-26(29)28-20-11-7-9-17-8-5-6-10-19(17)20/h4-13,15,23H,1,14,16H2,2-3H3,(H,27,30). The molecule has 1 heterocycles. The molecule has 0 aromatic heterocycles. The van der Waals surface area contributed by atoms with Crippen molar-refractivity contribution in [2.45, 2.75) is 11.7 Å². The van der Waals surface area contributed by atoms with Gasteiger partial charge in [0, 0.05) is 30.1 Å². The molecule has 0 radical (unpaired) electrons. The first-order valence-corrected chi connectivity index (χ1v) is 11.6. The minimum absolute atomic E-state index is 0.0139. The first kappa shape index (κ1) is 23.4. The van der Waals surface area contributed by atoms with Gasteiger partial charge >= 0.3 is 0 Å².